The zero-order valence-corrected chi connectivity index (χ0v) is 16.1. The second-order valence-corrected chi connectivity index (χ2v) is 6.80. The number of benzene rings is 2. The fourth-order valence-corrected chi connectivity index (χ4v) is 3.41. The summed E-state index contributed by atoms with van der Waals surface area (Å²) in [5.41, 5.74) is 2.63. The van der Waals surface area contributed by atoms with Crippen LogP contribution in [0.4, 0.5) is 0 Å². The van der Waals surface area contributed by atoms with E-state index in [1.165, 1.54) is 0 Å². The van der Waals surface area contributed by atoms with Crippen molar-refractivity contribution in [3.05, 3.63) is 70.6 Å². The van der Waals surface area contributed by atoms with Gasteiger partial charge in [0.25, 0.3) is 0 Å². The molecule has 0 aliphatic rings. The maximum absolute atomic E-state index is 12.7. The van der Waals surface area contributed by atoms with Gasteiger partial charge in [-0.05, 0) is 38.7 Å². The zero-order valence-electron chi connectivity index (χ0n) is 16.1. The summed E-state index contributed by atoms with van der Waals surface area (Å²) in [5.74, 6) is -0.168. The van der Waals surface area contributed by atoms with Crippen LogP contribution in [0, 0.1) is 0 Å². The first-order valence-electron chi connectivity index (χ1n) is 9.19. The van der Waals surface area contributed by atoms with Crippen LogP contribution >= 0.6 is 0 Å². The first-order valence-corrected chi connectivity index (χ1v) is 9.19. The molecule has 3 aromatic rings. The highest BCUT2D eigenvalue weighted by molar-refractivity contribution is 5.81. The standard InChI is InChI=1S/C21H26N4O2/c1-4-24-17-12-8-9-13-18(17)25(21(24)27)15-20(26)22-14-19(23(2)3)16-10-6-5-7-11-16/h5-13,19H,4,14-15H2,1-3H3,(H,22,26). The van der Waals surface area contributed by atoms with Crippen molar-refractivity contribution in [1.29, 1.82) is 0 Å². The molecule has 6 nitrogen and oxygen atoms in total. The Morgan fingerprint density at radius 3 is 2.19 bits per heavy atom. The number of carbonyl (C=O) groups excluding carboxylic acids is 1. The second-order valence-electron chi connectivity index (χ2n) is 6.80. The number of aromatic nitrogens is 2. The number of imidazole rings is 1. The summed E-state index contributed by atoms with van der Waals surface area (Å²) in [7, 11) is 3.98. The summed E-state index contributed by atoms with van der Waals surface area (Å²) in [6, 6.07) is 17.7. The molecule has 1 atom stereocenters. The highest BCUT2D eigenvalue weighted by Crippen LogP contribution is 2.17. The largest absolute Gasteiger partial charge is 0.353 e. The summed E-state index contributed by atoms with van der Waals surface area (Å²) >= 11 is 0. The van der Waals surface area contributed by atoms with Crippen molar-refractivity contribution in [3.63, 3.8) is 0 Å². The van der Waals surface area contributed by atoms with Crippen LogP contribution in [-0.2, 0) is 17.9 Å². The predicted molar refractivity (Wildman–Crippen MR) is 108 cm³/mol. The minimum Gasteiger partial charge on any atom is -0.353 e. The van der Waals surface area contributed by atoms with Gasteiger partial charge in [-0.2, -0.15) is 0 Å². The molecule has 0 saturated heterocycles. The van der Waals surface area contributed by atoms with Gasteiger partial charge in [0.2, 0.25) is 5.91 Å². The number of nitrogens with zero attached hydrogens (tertiary/aromatic N) is 3. The minimum absolute atomic E-state index is 0.0152. The number of fused-ring (bicyclic) bond motifs is 1. The lowest BCUT2D eigenvalue weighted by Gasteiger charge is -2.25. The van der Waals surface area contributed by atoms with Crippen molar-refractivity contribution in [1.82, 2.24) is 19.4 Å². The van der Waals surface area contributed by atoms with E-state index >= 15 is 0 Å². The number of hydrogen-bond donors (Lipinski definition) is 1. The van der Waals surface area contributed by atoms with Gasteiger partial charge in [0, 0.05) is 13.1 Å². The molecule has 0 spiro atoms. The first-order chi connectivity index (χ1) is 13.0. The number of carbonyl (C=O) groups is 1. The predicted octanol–water partition coefficient (Wildman–Crippen LogP) is 2.24. The third-order valence-electron chi connectivity index (χ3n) is 4.84. The summed E-state index contributed by atoms with van der Waals surface area (Å²) in [4.78, 5) is 27.3. The van der Waals surface area contributed by atoms with E-state index in [4.69, 9.17) is 0 Å². The Morgan fingerprint density at radius 2 is 1.59 bits per heavy atom. The smallest absolute Gasteiger partial charge is 0.329 e. The van der Waals surface area contributed by atoms with Gasteiger partial charge in [0.15, 0.2) is 0 Å². The van der Waals surface area contributed by atoms with Crippen LogP contribution in [0.25, 0.3) is 11.0 Å². The van der Waals surface area contributed by atoms with Gasteiger partial charge >= 0.3 is 5.69 Å². The van der Waals surface area contributed by atoms with E-state index in [9.17, 15) is 9.59 Å². The fraction of sp³-hybridized carbons (Fsp3) is 0.333. The average molecular weight is 366 g/mol. The summed E-state index contributed by atoms with van der Waals surface area (Å²) < 4.78 is 3.23. The molecule has 1 aromatic heterocycles. The number of likely N-dealkylation sites (N-methyl/N-ethyl adjacent to an activating group) is 1. The van der Waals surface area contributed by atoms with Crippen molar-refractivity contribution in [2.24, 2.45) is 0 Å². The van der Waals surface area contributed by atoms with Gasteiger partial charge in [0.05, 0.1) is 17.1 Å². The maximum atomic E-state index is 12.7. The van der Waals surface area contributed by atoms with Crippen molar-refractivity contribution in [3.8, 4) is 0 Å². The molecule has 1 N–H and O–H groups in total. The summed E-state index contributed by atoms with van der Waals surface area (Å²) in [6.07, 6.45) is 0. The van der Waals surface area contributed by atoms with E-state index in [-0.39, 0.29) is 24.2 Å². The van der Waals surface area contributed by atoms with E-state index in [0.717, 1.165) is 16.6 Å². The molecule has 0 aliphatic carbocycles. The van der Waals surface area contributed by atoms with Crippen LogP contribution in [0.5, 0.6) is 0 Å². The van der Waals surface area contributed by atoms with Crippen LogP contribution in [0.2, 0.25) is 0 Å². The highest BCUT2D eigenvalue weighted by Gasteiger charge is 2.17. The summed E-state index contributed by atoms with van der Waals surface area (Å²) in [6.45, 7) is 3.00. The molecule has 0 bridgehead atoms. The van der Waals surface area contributed by atoms with Crippen molar-refractivity contribution < 1.29 is 4.79 Å². The van der Waals surface area contributed by atoms with E-state index in [1.807, 2.05) is 63.5 Å². The molecule has 0 radical (unpaired) electrons. The Balaban J connectivity index is 1.76. The molecule has 6 heteroatoms. The number of nitrogens with one attached hydrogen (secondary N) is 1. The lowest BCUT2D eigenvalue weighted by Crippen LogP contribution is -2.38. The molecule has 1 amide bonds. The van der Waals surface area contributed by atoms with Gasteiger partial charge in [-0.25, -0.2) is 4.79 Å². The van der Waals surface area contributed by atoms with Crippen molar-refractivity contribution in [2.45, 2.75) is 26.1 Å². The van der Waals surface area contributed by atoms with Crippen molar-refractivity contribution >= 4 is 16.9 Å². The fourth-order valence-electron chi connectivity index (χ4n) is 3.41. The number of para-hydroxylation sites is 2. The molecule has 2 aromatic carbocycles. The maximum Gasteiger partial charge on any atom is 0.329 e. The molecule has 3 rings (SSSR count). The molecule has 142 valence electrons. The lowest BCUT2D eigenvalue weighted by molar-refractivity contribution is -0.121. The second kappa shape index (κ2) is 8.22. The Bertz CT molecular complexity index is 973. The Morgan fingerprint density at radius 1 is 1.00 bits per heavy atom. The van der Waals surface area contributed by atoms with Crippen LogP contribution < -0.4 is 11.0 Å². The zero-order chi connectivity index (χ0) is 19.4. The van der Waals surface area contributed by atoms with Crippen LogP contribution in [0.1, 0.15) is 18.5 Å². The molecular weight excluding hydrogens is 340 g/mol. The van der Waals surface area contributed by atoms with E-state index in [0.29, 0.717) is 13.1 Å². The van der Waals surface area contributed by atoms with Crippen LogP contribution in [0.3, 0.4) is 0 Å². The lowest BCUT2D eigenvalue weighted by atomic mass is 10.1. The normalized spacial score (nSPS) is 12.4. The summed E-state index contributed by atoms with van der Waals surface area (Å²) in [5, 5.41) is 2.98. The molecule has 0 aliphatic heterocycles. The van der Waals surface area contributed by atoms with Crippen molar-refractivity contribution in [2.75, 3.05) is 20.6 Å². The van der Waals surface area contributed by atoms with Gasteiger partial charge in [-0.3, -0.25) is 13.9 Å². The van der Waals surface area contributed by atoms with Gasteiger partial charge < -0.3 is 10.2 Å². The Kier molecular flexibility index (Phi) is 5.76. The SMILES string of the molecule is CCn1c(=O)n(CC(=O)NCC(c2ccccc2)N(C)C)c2ccccc21. The first kappa shape index (κ1) is 18.9. The topological polar surface area (TPSA) is 59.3 Å². The minimum atomic E-state index is -0.168. The van der Waals surface area contributed by atoms with Gasteiger partial charge in [-0.1, -0.05) is 42.5 Å². The molecule has 0 saturated carbocycles. The molecule has 0 fully saturated rings. The van der Waals surface area contributed by atoms with Crippen LogP contribution in [0.15, 0.2) is 59.4 Å². The van der Waals surface area contributed by atoms with E-state index in [2.05, 4.69) is 22.3 Å². The number of amides is 1. The molecule has 27 heavy (non-hydrogen) atoms. The van der Waals surface area contributed by atoms with E-state index in [1.54, 1.807) is 9.13 Å². The monoisotopic (exact) mass is 366 g/mol. The molecular formula is C21H26N4O2. The van der Waals surface area contributed by atoms with Crippen LogP contribution in [-0.4, -0.2) is 40.6 Å². The third kappa shape index (κ3) is 3.95. The third-order valence-corrected chi connectivity index (χ3v) is 4.84. The Hall–Kier alpha value is -2.86. The number of hydrogen-bond acceptors (Lipinski definition) is 3. The average Bonchev–Trinajstić information content (AvgIpc) is 2.94. The highest BCUT2D eigenvalue weighted by atomic mass is 16.2. The van der Waals surface area contributed by atoms with E-state index < -0.39 is 0 Å². The quantitative estimate of drug-likeness (QED) is 0.698. The number of aryl methyl sites for hydroxylation is 1. The van der Waals surface area contributed by atoms with Gasteiger partial charge in [-0.15, -0.1) is 0 Å². The number of rotatable bonds is 7. The van der Waals surface area contributed by atoms with Gasteiger partial charge in [0.1, 0.15) is 6.54 Å². The molecule has 1 unspecified atom stereocenters. The Labute approximate surface area is 159 Å². The molecule has 1 heterocycles.